The van der Waals surface area contributed by atoms with Gasteiger partial charge in [0.15, 0.2) is 0 Å². The summed E-state index contributed by atoms with van der Waals surface area (Å²) < 4.78 is 25.1. The number of amides is 1. The van der Waals surface area contributed by atoms with Gasteiger partial charge in [0.1, 0.15) is 18.2 Å². The molecule has 5 nitrogen and oxygen atoms in total. The lowest BCUT2D eigenvalue weighted by Crippen LogP contribution is -2.52. The van der Waals surface area contributed by atoms with Crippen molar-refractivity contribution in [2.24, 2.45) is 0 Å². The maximum atomic E-state index is 14.1. The molecule has 1 atom stereocenters. The van der Waals surface area contributed by atoms with Crippen molar-refractivity contribution in [1.29, 1.82) is 0 Å². The molecule has 1 fully saturated rings. The monoisotopic (exact) mass is 372 g/mol. The zero-order valence-electron chi connectivity index (χ0n) is 15.5. The standard InChI is InChI=1S/C21H25FN2O3/c1-16-14-23-10-11-24(16)21(25)27-15-18-13-19(7-8-20(18)22)26-12-9-17-5-3-2-4-6-17/h2-8,13,16,23H,9-12,14-15H2,1H3. The molecular formula is C21H25FN2O3. The van der Waals surface area contributed by atoms with Crippen molar-refractivity contribution in [3.05, 3.63) is 65.5 Å². The topological polar surface area (TPSA) is 50.8 Å². The van der Waals surface area contributed by atoms with Crippen molar-refractivity contribution in [1.82, 2.24) is 10.2 Å². The third kappa shape index (κ3) is 5.44. The third-order valence-electron chi connectivity index (χ3n) is 4.61. The number of carbonyl (C=O) groups is 1. The van der Waals surface area contributed by atoms with Gasteiger partial charge in [-0.1, -0.05) is 30.3 Å². The van der Waals surface area contributed by atoms with E-state index in [0.29, 0.717) is 24.5 Å². The Balaban J connectivity index is 1.52. The van der Waals surface area contributed by atoms with E-state index in [-0.39, 0.29) is 12.6 Å². The van der Waals surface area contributed by atoms with Crippen molar-refractivity contribution in [2.75, 3.05) is 26.2 Å². The second kappa shape index (κ2) is 9.37. The molecule has 2 aromatic carbocycles. The molecule has 1 N–H and O–H groups in total. The van der Waals surface area contributed by atoms with Crippen molar-refractivity contribution in [2.45, 2.75) is 26.0 Å². The molecule has 144 valence electrons. The largest absolute Gasteiger partial charge is 0.493 e. The summed E-state index contributed by atoms with van der Waals surface area (Å²) in [5.41, 5.74) is 1.49. The fourth-order valence-electron chi connectivity index (χ4n) is 3.02. The summed E-state index contributed by atoms with van der Waals surface area (Å²) in [7, 11) is 0. The predicted octanol–water partition coefficient (Wildman–Crippen LogP) is 3.38. The van der Waals surface area contributed by atoms with Crippen molar-refractivity contribution >= 4 is 6.09 Å². The number of rotatable bonds is 6. The fraction of sp³-hybridized carbons (Fsp3) is 0.381. The number of benzene rings is 2. The van der Waals surface area contributed by atoms with E-state index in [1.807, 2.05) is 37.3 Å². The van der Waals surface area contributed by atoms with Crippen molar-refractivity contribution in [3.63, 3.8) is 0 Å². The van der Waals surface area contributed by atoms with E-state index >= 15 is 0 Å². The van der Waals surface area contributed by atoms with Crippen LogP contribution in [0.1, 0.15) is 18.1 Å². The Hall–Kier alpha value is -2.60. The number of carbonyl (C=O) groups excluding carboxylic acids is 1. The molecule has 1 unspecified atom stereocenters. The van der Waals surface area contributed by atoms with Crippen LogP contribution in [0, 0.1) is 5.82 Å². The zero-order chi connectivity index (χ0) is 19.1. The second-order valence-electron chi connectivity index (χ2n) is 6.64. The minimum absolute atomic E-state index is 0.0590. The smallest absolute Gasteiger partial charge is 0.410 e. The molecule has 1 amide bonds. The van der Waals surface area contributed by atoms with Gasteiger partial charge in [0.05, 0.1) is 6.61 Å². The summed E-state index contributed by atoms with van der Waals surface area (Å²) in [5, 5.41) is 3.22. The van der Waals surface area contributed by atoms with Crippen molar-refractivity contribution in [3.8, 4) is 5.75 Å². The van der Waals surface area contributed by atoms with Gasteiger partial charge >= 0.3 is 6.09 Å². The first-order valence-corrected chi connectivity index (χ1v) is 9.23. The first-order valence-electron chi connectivity index (χ1n) is 9.23. The number of nitrogens with one attached hydrogen (secondary N) is 1. The van der Waals surface area contributed by atoms with Gasteiger partial charge < -0.3 is 19.7 Å². The molecule has 3 rings (SSSR count). The van der Waals surface area contributed by atoms with Crippen LogP contribution < -0.4 is 10.1 Å². The Labute approximate surface area is 159 Å². The van der Waals surface area contributed by atoms with Gasteiger partial charge in [-0.3, -0.25) is 0 Å². The molecule has 1 saturated heterocycles. The molecule has 0 radical (unpaired) electrons. The third-order valence-corrected chi connectivity index (χ3v) is 4.61. The Morgan fingerprint density at radius 2 is 2.07 bits per heavy atom. The maximum absolute atomic E-state index is 14.1. The Bertz CT molecular complexity index is 754. The number of hydrogen-bond donors (Lipinski definition) is 1. The number of halogens is 1. The summed E-state index contributed by atoms with van der Waals surface area (Å²) in [5.74, 6) is 0.153. The molecule has 1 aliphatic rings. The first kappa shape index (κ1) is 19.2. The van der Waals surface area contributed by atoms with Crippen LogP contribution in [-0.2, 0) is 17.8 Å². The summed E-state index contributed by atoms with van der Waals surface area (Å²) in [6.07, 6.45) is 0.350. The molecule has 6 heteroatoms. The van der Waals surface area contributed by atoms with Crippen LogP contribution in [0.5, 0.6) is 5.75 Å². The number of nitrogens with zero attached hydrogens (tertiary/aromatic N) is 1. The second-order valence-corrected chi connectivity index (χ2v) is 6.64. The van der Waals surface area contributed by atoms with Crippen LogP contribution in [0.3, 0.4) is 0 Å². The van der Waals surface area contributed by atoms with E-state index in [0.717, 1.165) is 19.5 Å². The molecule has 0 bridgehead atoms. The molecule has 0 saturated carbocycles. The molecule has 2 aromatic rings. The van der Waals surface area contributed by atoms with E-state index in [9.17, 15) is 9.18 Å². The lowest BCUT2D eigenvalue weighted by molar-refractivity contribution is 0.0751. The van der Waals surface area contributed by atoms with Crippen LogP contribution in [0.15, 0.2) is 48.5 Å². The normalized spacial score (nSPS) is 16.8. The zero-order valence-corrected chi connectivity index (χ0v) is 15.5. The van der Waals surface area contributed by atoms with Gasteiger partial charge in [0.2, 0.25) is 0 Å². The molecule has 1 aliphatic heterocycles. The van der Waals surface area contributed by atoms with E-state index < -0.39 is 11.9 Å². The highest BCUT2D eigenvalue weighted by atomic mass is 19.1. The van der Waals surface area contributed by atoms with Gasteiger partial charge in [-0.2, -0.15) is 0 Å². The SMILES string of the molecule is CC1CNCCN1C(=O)OCc1cc(OCCc2ccccc2)ccc1F. The average Bonchev–Trinajstić information content (AvgIpc) is 2.69. The van der Waals surface area contributed by atoms with E-state index in [2.05, 4.69) is 5.32 Å². The quantitative estimate of drug-likeness (QED) is 0.845. The first-order chi connectivity index (χ1) is 13.1. The Morgan fingerprint density at radius 3 is 2.85 bits per heavy atom. The van der Waals surface area contributed by atoms with Crippen LogP contribution in [0.4, 0.5) is 9.18 Å². The summed E-state index contributed by atoms with van der Waals surface area (Å²) in [6.45, 7) is 4.39. The lowest BCUT2D eigenvalue weighted by atomic mass is 10.2. The number of hydrogen-bond acceptors (Lipinski definition) is 4. The van der Waals surface area contributed by atoms with Crippen LogP contribution in [0.25, 0.3) is 0 Å². The molecule has 0 spiro atoms. The highest BCUT2D eigenvalue weighted by Gasteiger charge is 2.24. The summed E-state index contributed by atoms with van der Waals surface area (Å²) >= 11 is 0. The van der Waals surface area contributed by atoms with Crippen LogP contribution in [-0.4, -0.2) is 43.3 Å². The molecule has 0 aromatic heterocycles. The maximum Gasteiger partial charge on any atom is 0.410 e. The predicted molar refractivity (Wildman–Crippen MR) is 101 cm³/mol. The van der Waals surface area contributed by atoms with Crippen molar-refractivity contribution < 1.29 is 18.7 Å². The lowest BCUT2D eigenvalue weighted by Gasteiger charge is -2.33. The molecule has 27 heavy (non-hydrogen) atoms. The molecule has 1 heterocycles. The fourth-order valence-corrected chi connectivity index (χ4v) is 3.02. The average molecular weight is 372 g/mol. The minimum atomic E-state index is -0.418. The summed E-state index contributed by atoms with van der Waals surface area (Å²) in [6, 6.07) is 14.6. The number of ether oxygens (including phenoxy) is 2. The summed E-state index contributed by atoms with van der Waals surface area (Å²) in [4.78, 5) is 13.9. The van der Waals surface area contributed by atoms with E-state index in [4.69, 9.17) is 9.47 Å². The Kier molecular flexibility index (Phi) is 6.65. The highest BCUT2D eigenvalue weighted by molar-refractivity contribution is 5.68. The minimum Gasteiger partial charge on any atom is -0.493 e. The highest BCUT2D eigenvalue weighted by Crippen LogP contribution is 2.19. The van der Waals surface area contributed by atoms with Gasteiger partial charge in [0, 0.05) is 37.7 Å². The van der Waals surface area contributed by atoms with E-state index in [1.54, 1.807) is 17.0 Å². The number of piperazine rings is 1. The van der Waals surface area contributed by atoms with Gasteiger partial charge in [-0.25, -0.2) is 9.18 Å². The van der Waals surface area contributed by atoms with Gasteiger partial charge in [-0.05, 0) is 30.7 Å². The van der Waals surface area contributed by atoms with E-state index in [1.165, 1.54) is 11.6 Å². The van der Waals surface area contributed by atoms with Gasteiger partial charge in [-0.15, -0.1) is 0 Å². The molecule has 0 aliphatic carbocycles. The van der Waals surface area contributed by atoms with Crippen LogP contribution >= 0.6 is 0 Å². The van der Waals surface area contributed by atoms with Crippen LogP contribution in [0.2, 0.25) is 0 Å². The Morgan fingerprint density at radius 1 is 1.26 bits per heavy atom. The molecular weight excluding hydrogens is 347 g/mol. The van der Waals surface area contributed by atoms with Gasteiger partial charge in [0.25, 0.3) is 0 Å².